The van der Waals surface area contributed by atoms with Gasteiger partial charge in [-0.15, -0.1) is 10.2 Å². The molecule has 0 saturated heterocycles. The predicted molar refractivity (Wildman–Crippen MR) is 60.1 cm³/mol. The van der Waals surface area contributed by atoms with Gasteiger partial charge in [0, 0.05) is 12.2 Å². The third-order valence-electron chi connectivity index (χ3n) is 2.25. The van der Waals surface area contributed by atoms with Gasteiger partial charge in [0.2, 0.25) is 5.16 Å². The SMILES string of the molecule is CC(C)Cc1nnc2n1NC(C(=O)O)CS2. The molecule has 2 heterocycles. The van der Waals surface area contributed by atoms with Crippen molar-refractivity contribution in [3.8, 4) is 0 Å². The highest BCUT2D eigenvalue weighted by atomic mass is 32.2. The normalized spacial score (nSPS) is 19.3. The van der Waals surface area contributed by atoms with E-state index in [-0.39, 0.29) is 0 Å². The van der Waals surface area contributed by atoms with Crippen LogP contribution in [0.1, 0.15) is 19.7 Å². The number of carbonyl (C=O) groups is 1. The molecule has 0 aliphatic carbocycles. The van der Waals surface area contributed by atoms with Crippen molar-refractivity contribution in [1.29, 1.82) is 0 Å². The molecule has 0 radical (unpaired) electrons. The number of hydrogen-bond donors (Lipinski definition) is 2. The van der Waals surface area contributed by atoms with Crippen LogP contribution in [0.3, 0.4) is 0 Å². The van der Waals surface area contributed by atoms with E-state index >= 15 is 0 Å². The number of thioether (sulfide) groups is 1. The Balaban J connectivity index is 2.21. The van der Waals surface area contributed by atoms with E-state index < -0.39 is 12.0 Å². The molecule has 1 aromatic rings. The minimum Gasteiger partial charge on any atom is -0.480 e. The fourth-order valence-corrected chi connectivity index (χ4v) is 2.42. The van der Waals surface area contributed by atoms with E-state index in [1.165, 1.54) is 11.8 Å². The van der Waals surface area contributed by atoms with Gasteiger partial charge in [-0.1, -0.05) is 25.6 Å². The van der Waals surface area contributed by atoms with E-state index in [4.69, 9.17) is 5.11 Å². The van der Waals surface area contributed by atoms with Gasteiger partial charge in [0.25, 0.3) is 0 Å². The summed E-state index contributed by atoms with van der Waals surface area (Å²) in [5.74, 6) is 0.894. The van der Waals surface area contributed by atoms with Crippen molar-refractivity contribution in [1.82, 2.24) is 14.9 Å². The Morgan fingerprint density at radius 1 is 1.69 bits per heavy atom. The second-order valence-electron chi connectivity index (χ2n) is 4.16. The second-order valence-corrected chi connectivity index (χ2v) is 5.15. The van der Waals surface area contributed by atoms with E-state index in [0.29, 0.717) is 11.7 Å². The van der Waals surface area contributed by atoms with Gasteiger partial charge in [0.15, 0.2) is 5.82 Å². The van der Waals surface area contributed by atoms with E-state index in [2.05, 4.69) is 29.5 Å². The molecule has 0 saturated carbocycles. The maximum absolute atomic E-state index is 10.9. The Bertz CT molecular complexity index is 404. The van der Waals surface area contributed by atoms with Crippen molar-refractivity contribution < 1.29 is 9.90 Å². The minimum absolute atomic E-state index is 0.463. The molecule has 1 aliphatic rings. The Morgan fingerprint density at radius 3 is 3.06 bits per heavy atom. The van der Waals surface area contributed by atoms with Crippen LogP contribution >= 0.6 is 11.8 Å². The fraction of sp³-hybridized carbons (Fsp3) is 0.667. The first-order valence-electron chi connectivity index (χ1n) is 5.14. The lowest BCUT2D eigenvalue weighted by Gasteiger charge is -2.23. The predicted octanol–water partition coefficient (Wildman–Crippen LogP) is 0.579. The first kappa shape index (κ1) is 11.3. The Morgan fingerprint density at radius 2 is 2.44 bits per heavy atom. The van der Waals surface area contributed by atoms with E-state index in [1.807, 2.05) is 0 Å². The summed E-state index contributed by atoms with van der Waals surface area (Å²) in [6.07, 6.45) is 0.785. The standard InChI is InChI=1S/C9H14N4O2S/c1-5(2)3-7-10-11-9-13(7)12-6(4-16-9)8(14)15/h5-6,12H,3-4H2,1-2H3,(H,14,15). The minimum atomic E-state index is -0.845. The third-order valence-corrected chi connectivity index (χ3v) is 3.28. The maximum Gasteiger partial charge on any atom is 0.328 e. The summed E-state index contributed by atoms with van der Waals surface area (Å²) in [5, 5.41) is 17.8. The summed E-state index contributed by atoms with van der Waals surface area (Å²) < 4.78 is 1.70. The molecule has 2 N–H and O–H groups in total. The summed E-state index contributed by atoms with van der Waals surface area (Å²) >= 11 is 1.42. The Labute approximate surface area is 97.4 Å². The van der Waals surface area contributed by atoms with Gasteiger partial charge >= 0.3 is 5.97 Å². The van der Waals surface area contributed by atoms with Gasteiger partial charge in [-0.2, -0.15) is 0 Å². The zero-order valence-corrected chi connectivity index (χ0v) is 9.99. The lowest BCUT2D eigenvalue weighted by atomic mass is 10.1. The largest absolute Gasteiger partial charge is 0.480 e. The lowest BCUT2D eigenvalue weighted by Crippen LogP contribution is -2.41. The number of nitrogens with one attached hydrogen (secondary N) is 1. The van der Waals surface area contributed by atoms with E-state index in [1.54, 1.807) is 4.68 Å². The highest BCUT2D eigenvalue weighted by Gasteiger charge is 2.27. The number of hydrogen-bond acceptors (Lipinski definition) is 5. The zero-order valence-electron chi connectivity index (χ0n) is 9.17. The molecule has 88 valence electrons. The van der Waals surface area contributed by atoms with Crippen LogP contribution in [0, 0.1) is 5.92 Å². The van der Waals surface area contributed by atoms with Crippen LogP contribution in [0.15, 0.2) is 5.16 Å². The number of aliphatic carboxylic acids is 1. The van der Waals surface area contributed by atoms with Crippen molar-refractivity contribution in [3.05, 3.63) is 5.82 Å². The molecule has 1 aliphatic heterocycles. The molecule has 1 aromatic heterocycles. The maximum atomic E-state index is 10.9. The highest BCUT2D eigenvalue weighted by Crippen LogP contribution is 2.22. The van der Waals surface area contributed by atoms with Crippen LogP contribution in [0.25, 0.3) is 0 Å². The number of nitrogens with zero attached hydrogens (tertiary/aromatic N) is 3. The van der Waals surface area contributed by atoms with Gasteiger partial charge in [-0.3, -0.25) is 0 Å². The molecule has 0 spiro atoms. The summed E-state index contributed by atoms with van der Waals surface area (Å²) in [6.45, 7) is 4.18. The quantitative estimate of drug-likeness (QED) is 0.807. The number of fused-ring (bicyclic) bond motifs is 1. The number of carboxylic acids is 1. The fourth-order valence-electron chi connectivity index (χ4n) is 1.50. The molecule has 1 atom stereocenters. The van der Waals surface area contributed by atoms with Gasteiger partial charge in [-0.25, -0.2) is 9.47 Å². The molecular weight excluding hydrogens is 228 g/mol. The third kappa shape index (κ3) is 2.13. The van der Waals surface area contributed by atoms with Crippen molar-refractivity contribution >= 4 is 17.7 Å². The molecule has 6 nitrogen and oxygen atoms in total. The van der Waals surface area contributed by atoms with Crippen molar-refractivity contribution in [2.24, 2.45) is 5.92 Å². The van der Waals surface area contributed by atoms with E-state index in [0.717, 1.165) is 17.4 Å². The topological polar surface area (TPSA) is 80.0 Å². The molecule has 0 fully saturated rings. The lowest BCUT2D eigenvalue weighted by molar-refractivity contribution is -0.137. The second kappa shape index (κ2) is 4.32. The van der Waals surface area contributed by atoms with Crippen molar-refractivity contribution in [2.75, 3.05) is 11.2 Å². The monoisotopic (exact) mass is 242 g/mol. The van der Waals surface area contributed by atoms with Crippen LogP contribution in [0.2, 0.25) is 0 Å². The summed E-state index contributed by atoms with van der Waals surface area (Å²) in [6, 6.07) is -0.570. The molecule has 7 heteroatoms. The van der Waals surface area contributed by atoms with Gasteiger partial charge in [0.05, 0.1) is 0 Å². The van der Waals surface area contributed by atoms with Crippen LogP contribution in [0.4, 0.5) is 0 Å². The number of rotatable bonds is 3. The molecule has 0 aromatic carbocycles. The van der Waals surface area contributed by atoms with Gasteiger partial charge in [0.1, 0.15) is 6.04 Å². The average Bonchev–Trinajstić information content (AvgIpc) is 2.60. The van der Waals surface area contributed by atoms with Crippen molar-refractivity contribution in [2.45, 2.75) is 31.5 Å². The molecule has 1 unspecified atom stereocenters. The molecule has 0 bridgehead atoms. The number of aromatic nitrogens is 3. The molecule has 2 rings (SSSR count). The van der Waals surface area contributed by atoms with Gasteiger partial charge < -0.3 is 10.5 Å². The van der Waals surface area contributed by atoms with Crippen LogP contribution in [0.5, 0.6) is 0 Å². The molecular formula is C9H14N4O2S. The van der Waals surface area contributed by atoms with Crippen molar-refractivity contribution in [3.63, 3.8) is 0 Å². The smallest absolute Gasteiger partial charge is 0.328 e. The number of carboxylic acid groups (broad SMARTS) is 1. The highest BCUT2D eigenvalue weighted by molar-refractivity contribution is 7.99. The van der Waals surface area contributed by atoms with Crippen LogP contribution in [-0.4, -0.2) is 37.7 Å². The Hall–Kier alpha value is -1.24. The molecule has 0 amide bonds. The van der Waals surface area contributed by atoms with Crippen LogP contribution in [-0.2, 0) is 11.2 Å². The van der Waals surface area contributed by atoms with E-state index in [9.17, 15) is 4.79 Å². The first-order chi connectivity index (χ1) is 7.58. The molecule has 16 heavy (non-hydrogen) atoms. The van der Waals surface area contributed by atoms with Gasteiger partial charge in [-0.05, 0) is 5.92 Å². The first-order valence-corrected chi connectivity index (χ1v) is 6.13. The summed E-state index contributed by atoms with van der Waals surface area (Å²) in [4.78, 5) is 10.9. The summed E-state index contributed by atoms with van der Waals surface area (Å²) in [7, 11) is 0. The Kier molecular flexibility index (Phi) is 3.04. The average molecular weight is 242 g/mol. The van der Waals surface area contributed by atoms with Crippen LogP contribution < -0.4 is 5.43 Å². The summed E-state index contributed by atoms with van der Waals surface area (Å²) in [5.41, 5.74) is 2.92. The zero-order chi connectivity index (χ0) is 11.7.